The Morgan fingerprint density at radius 1 is 1.19 bits per heavy atom. The van der Waals surface area contributed by atoms with Gasteiger partial charge in [-0.15, -0.1) is 11.8 Å². The van der Waals surface area contributed by atoms with E-state index in [9.17, 15) is 14.4 Å². The van der Waals surface area contributed by atoms with E-state index in [2.05, 4.69) is 10.4 Å². The number of aromatic nitrogens is 2. The maximum Gasteiger partial charge on any atom is 0.335 e. The molecule has 0 saturated carbocycles. The molecule has 0 aliphatic carbocycles. The van der Waals surface area contributed by atoms with E-state index in [1.165, 1.54) is 23.9 Å². The van der Waals surface area contributed by atoms with E-state index < -0.39 is 5.97 Å². The van der Waals surface area contributed by atoms with Gasteiger partial charge in [-0.1, -0.05) is 12.1 Å². The molecule has 2 aromatic rings. The number of carbonyl (C=O) groups is 2. The number of amides is 1. The average Bonchev–Trinajstić information content (AvgIpc) is 2.88. The molecule has 0 unspecified atom stereocenters. The Labute approximate surface area is 158 Å². The van der Waals surface area contributed by atoms with Crippen molar-refractivity contribution in [1.29, 1.82) is 0 Å². The summed E-state index contributed by atoms with van der Waals surface area (Å²) in [5.74, 6) is -0.441. The molecule has 0 radical (unpaired) electrons. The fraction of sp³-hybridized carbons (Fsp3) is 0.389. The first-order valence-electron chi connectivity index (χ1n) is 8.71. The van der Waals surface area contributed by atoms with Crippen molar-refractivity contribution in [3.05, 3.63) is 51.3 Å². The van der Waals surface area contributed by atoms with Crippen LogP contribution in [-0.2, 0) is 9.53 Å². The van der Waals surface area contributed by atoms with E-state index in [-0.39, 0.29) is 34.1 Å². The molecule has 1 fully saturated rings. The number of rotatable bonds is 3. The number of anilines is 1. The number of aromatic amines is 1. The predicted octanol–water partition coefficient (Wildman–Crippen LogP) is 2.00. The molecule has 2 aliphatic heterocycles. The number of thioether (sulfide) groups is 1. The van der Waals surface area contributed by atoms with Gasteiger partial charge < -0.3 is 15.2 Å². The van der Waals surface area contributed by atoms with E-state index in [0.29, 0.717) is 24.6 Å². The van der Waals surface area contributed by atoms with Crippen LogP contribution in [0.5, 0.6) is 0 Å². The van der Waals surface area contributed by atoms with Crippen LogP contribution >= 0.6 is 11.8 Å². The summed E-state index contributed by atoms with van der Waals surface area (Å²) in [6.45, 7) is 1.23. The molecule has 4 rings (SSSR count). The highest BCUT2D eigenvalue weighted by atomic mass is 32.2. The number of nitrogens with zero attached hydrogens (tertiary/aromatic N) is 1. The van der Waals surface area contributed by atoms with Crippen LogP contribution in [0.3, 0.4) is 0 Å². The van der Waals surface area contributed by atoms with E-state index in [4.69, 9.17) is 9.84 Å². The molecule has 0 spiro atoms. The van der Waals surface area contributed by atoms with Gasteiger partial charge in [-0.25, -0.2) is 4.79 Å². The number of nitrogens with one attached hydrogen (secondary N) is 2. The molecule has 142 valence electrons. The number of hydrogen-bond acceptors (Lipinski definition) is 5. The summed E-state index contributed by atoms with van der Waals surface area (Å²) >= 11 is 1.36. The molecule has 27 heavy (non-hydrogen) atoms. The van der Waals surface area contributed by atoms with Crippen LogP contribution < -0.4 is 10.9 Å². The van der Waals surface area contributed by atoms with Crippen molar-refractivity contribution < 1.29 is 19.4 Å². The zero-order valence-electron chi connectivity index (χ0n) is 14.4. The fourth-order valence-corrected chi connectivity index (χ4v) is 4.65. The monoisotopic (exact) mass is 389 g/mol. The van der Waals surface area contributed by atoms with Gasteiger partial charge in [-0.3, -0.25) is 19.4 Å². The van der Waals surface area contributed by atoms with Gasteiger partial charge >= 0.3 is 5.97 Å². The summed E-state index contributed by atoms with van der Waals surface area (Å²) in [6, 6.07) is 6.50. The fourth-order valence-electron chi connectivity index (χ4n) is 3.52. The van der Waals surface area contributed by atoms with Gasteiger partial charge in [0, 0.05) is 13.2 Å². The summed E-state index contributed by atoms with van der Waals surface area (Å²) in [5, 5.41) is 14.5. The first kappa shape index (κ1) is 17.9. The number of H-pyrrole nitrogens is 1. The highest BCUT2D eigenvalue weighted by Crippen LogP contribution is 2.41. The van der Waals surface area contributed by atoms with Crippen molar-refractivity contribution >= 4 is 29.5 Å². The van der Waals surface area contributed by atoms with Gasteiger partial charge in [-0.05, 0) is 30.5 Å². The number of fused-ring (bicyclic) bond motifs is 1. The Kier molecular flexibility index (Phi) is 4.79. The molecule has 1 atom stereocenters. The van der Waals surface area contributed by atoms with Crippen molar-refractivity contribution in [1.82, 2.24) is 9.78 Å². The minimum Gasteiger partial charge on any atom is -0.478 e. The smallest absolute Gasteiger partial charge is 0.335 e. The first-order chi connectivity index (χ1) is 13.0. The van der Waals surface area contributed by atoms with Crippen LogP contribution in [0.1, 0.15) is 45.6 Å². The number of aromatic carboxylic acids is 1. The zero-order valence-corrected chi connectivity index (χ0v) is 15.3. The molecule has 1 amide bonds. The third kappa shape index (κ3) is 3.40. The van der Waals surface area contributed by atoms with Crippen LogP contribution in [-0.4, -0.2) is 45.7 Å². The summed E-state index contributed by atoms with van der Waals surface area (Å²) in [5.41, 5.74) is 1.23. The van der Waals surface area contributed by atoms with Crippen molar-refractivity contribution in [2.24, 2.45) is 0 Å². The van der Waals surface area contributed by atoms with Crippen LogP contribution in [0.2, 0.25) is 0 Å². The maximum absolute atomic E-state index is 12.8. The lowest BCUT2D eigenvalue weighted by Crippen LogP contribution is -2.24. The lowest BCUT2D eigenvalue weighted by molar-refractivity contribution is -0.113. The minimum absolute atomic E-state index is 0.0636. The zero-order chi connectivity index (χ0) is 19.0. The topological polar surface area (TPSA) is 113 Å². The number of carboxylic acid groups (broad SMARTS) is 1. The lowest BCUT2D eigenvalue weighted by Gasteiger charge is -2.25. The average molecular weight is 389 g/mol. The number of benzene rings is 1. The lowest BCUT2D eigenvalue weighted by atomic mass is 10.0. The summed E-state index contributed by atoms with van der Waals surface area (Å²) in [4.78, 5) is 36.1. The SMILES string of the molecule is O=C1CS[C@@H](c2ccc(C(=O)O)cc2)c2c(n(C3CCOCC3)[nH]c2=O)N1. The van der Waals surface area contributed by atoms with Crippen molar-refractivity contribution in [3.63, 3.8) is 0 Å². The second kappa shape index (κ2) is 7.24. The number of carboxylic acids is 1. The largest absolute Gasteiger partial charge is 0.478 e. The van der Waals surface area contributed by atoms with Gasteiger partial charge in [0.05, 0.1) is 28.2 Å². The van der Waals surface area contributed by atoms with Gasteiger partial charge in [0.2, 0.25) is 5.91 Å². The quantitative estimate of drug-likeness (QED) is 0.740. The standard InChI is InChI=1S/C18H19N3O5S/c22-13-9-27-15(10-1-3-11(4-2-10)18(24)25)14-16(19-13)21(20-17(14)23)12-5-7-26-8-6-12/h1-4,12,15H,5-9H2,(H,19,22)(H,20,23)(H,24,25)/t15-/m0/s1. The van der Waals surface area contributed by atoms with Crippen LogP contribution in [0.4, 0.5) is 5.82 Å². The second-order valence-electron chi connectivity index (χ2n) is 6.58. The van der Waals surface area contributed by atoms with Crippen molar-refractivity contribution in [3.8, 4) is 0 Å². The van der Waals surface area contributed by atoms with Gasteiger partial charge in [0.15, 0.2) is 0 Å². The first-order valence-corrected chi connectivity index (χ1v) is 9.76. The Morgan fingerprint density at radius 2 is 1.89 bits per heavy atom. The number of hydrogen-bond donors (Lipinski definition) is 3. The molecule has 3 heterocycles. The maximum atomic E-state index is 12.8. The Balaban J connectivity index is 1.77. The van der Waals surface area contributed by atoms with Crippen LogP contribution in [0, 0.1) is 0 Å². The summed E-state index contributed by atoms with van der Waals surface area (Å²) in [6.07, 6.45) is 1.52. The van der Waals surface area contributed by atoms with E-state index in [1.54, 1.807) is 16.8 Å². The van der Waals surface area contributed by atoms with Crippen LogP contribution in [0.25, 0.3) is 0 Å². The van der Waals surface area contributed by atoms with Gasteiger partial charge in [-0.2, -0.15) is 0 Å². The second-order valence-corrected chi connectivity index (χ2v) is 7.68. The highest BCUT2D eigenvalue weighted by molar-refractivity contribution is 8.00. The number of carbonyl (C=O) groups excluding carboxylic acids is 1. The normalized spacial score (nSPS) is 20.6. The Bertz CT molecular complexity index is 927. The molecular weight excluding hydrogens is 370 g/mol. The van der Waals surface area contributed by atoms with E-state index >= 15 is 0 Å². The Morgan fingerprint density at radius 3 is 2.56 bits per heavy atom. The molecule has 1 aromatic heterocycles. The summed E-state index contributed by atoms with van der Waals surface area (Å²) in [7, 11) is 0. The molecule has 0 bridgehead atoms. The predicted molar refractivity (Wildman–Crippen MR) is 100 cm³/mol. The Hall–Kier alpha value is -2.52. The van der Waals surface area contributed by atoms with E-state index in [1.807, 2.05) is 0 Å². The summed E-state index contributed by atoms with van der Waals surface area (Å²) < 4.78 is 7.16. The van der Waals surface area contributed by atoms with Gasteiger partial charge in [0.25, 0.3) is 5.56 Å². The molecular formula is C18H19N3O5S. The third-order valence-electron chi connectivity index (χ3n) is 4.88. The van der Waals surface area contributed by atoms with Crippen molar-refractivity contribution in [2.45, 2.75) is 24.1 Å². The van der Waals surface area contributed by atoms with Gasteiger partial charge in [0.1, 0.15) is 5.82 Å². The molecule has 2 aliphatic rings. The molecule has 1 aromatic carbocycles. The van der Waals surface area contributed by atoms with E-state index in [0.717, 1.165) is 18.4 Å². The molecule has 8 nitrogen and oxygen atoms in total. The van der Waals surface area contributed by atoms with Crippen molar-refractivity contribution in [2.75, 3.05) is 24.3 Å². The number of ether oxygens (including phenoxy) is 1. The minimum atomic E-state index is -1.00. The molecule has 3 N–H and O–H groups in total. The molecule has 9 heteroatoms. The molecule has 1 saturated heterocycles. The highest BCUT2D eigenvalue weighted by Gasteiger charge is 2.32. The van der Waals surface area contributed by atoms with Crippen LogP contribution in [0.15, 0.2) is 29.1 Å². The third-order valence-corrected chi connectivity index (χ3v) is 6.15.